The van der Waals surface area contributed by atoms with Gasteiger partial charge in [-0.25, -0.2) is 15.0 Å². The average molecular weight is 645 g/mol. The van der Waals surface area contributed by atoms with Crippen LogP contribution in [0.1, 0.15) is 34.4 Å². The van der Waals surface area contributed by atoms with Crippen LogP contribution in [0, 0.1) is 13.8 Å². The van der Waals surface area contributed by atoms with Gasteiger partial charge in [0.05, 0.1) is 29.9 Å². The molecule has 13 nitrogen and oxygen atoms in total. The SMILES string of the molecule is CCOC(=O)C[C@@H](NC)C(=O)OCCN1CCN(c2cc(Nc3ncc(C(=O)Nc4c(C)cccc4Cl)s3)nc(C)n2)CC1. The van der Waals surface area contributed by atoms with Gasteiger partial charge in [-0.3, -0.25) is 19.3 Å². The van der Waals surface area contributed by atoms with Crippen molar-refractivity contribution in [3.8, 4) is 0 Å². The Morgan fingerprint density at radius 2 is 1.89 bits per heavy atom. The number of anilines is 4. The maximum absolute atomic E-state index is 12.8. The zero-order chi connectivity index (χ0) is 31.6. The van der Waals surface area contributed by atoms with Crippen LogP contribution in [0.15, 0.2) is 30.5 Å². The first kappa shape index (κ1) is 33.1. The van der Waals surface area contributed by atoms with E-state index in [0.29, 0.717) is 38.9 Å². The van der Waals surface area contributed by atoms with Crippen molar-refractivity contribution < 1.29 is 23.9 Å². The summed E-state index contributed by atoms with van der Waals surface area (Å²) in [6, 6.07) is 6.57. The molecule has 1 aliphatic heterocycles. The summed E-state index contributed by atoms with van der Waals surface area (Å²) in [6.45, 7) is 9.49. The number of hydrogen-bond donors (Lipinski definition) is 3. The fraction of sp³-hybridized carbons (Fsp3) is 0.448. The molecule has 3 heterocycles. The molecule has 15 heteroatoms. The van der Waals surface area contributed by atoms with Crippen LogP contribution < -0.4 is 20.9 Å². The number of nitrogens with one attached hydrogen (secondary N) is 3. The first-order valence-electron chi connectivity index (χ1n) is 14.3. The van der Waals surface area contributed by atoms with Crippen molar-refractivity contribution >= 4 is 63.2 Å². The second-order valence-corrected chi connectivity index (χ2v) is 11.5. The van der Waals surface area contributed by atoms with E-state index in [4.69, 9.17) is 21.1 Å². The quantitative estimate of drug-likeness (QED) is 0.234. The number of nitrogens with zero attached hydrogens (tertiary/aromatic N) is 5. The molecule has 1 fully saturated rings. The normalized spacial score (nSPS) is 14.2. The minimum absolute atomic E-state index is 0.0701. The molecule has 1 amide bonds. The van der Waals surface area contributed by atoms with Crippen molar-refractivity contribution in [1.29, 1.82) is 0 Å². The van der Waals surface area contributed by atoms with Crippen molar-refractivity contribution in [3.05, 3.63) is 51.7 Å². The van der Waals surface area contributed by atoms with Crippen molar-refractivity contribution in [2.75, 3.05) is 68.5 Å². The molecule has 0 spiro atoms. The maximum Gasteiger partial charge on any atom is 0.323 e. The standard InChI is InChI=1S/C29H37ClN8O5S/c1-5-42-25(39)15-21(31-4)28(41)43-14-13-37-9-11-38(12-10-37)24-16-23(33-19(3)34-24)35-29-32-17-22(44-29)27(40)36-26-18(2)7-6-8-20(26)30/h6-8,16-17,21,31H,5,9-15H2,1-4H3,(H,36,40)(H,32,33,34,35)/t21-/m1/s1. The Labute approximate surface area is 265 Å². The molecule has 0 radical (unpaired) electrons. The number of carbonyl (C=O) groups is 3. The van der Waals surface area contributed by atoms with Crippen LogP contribution >= 0.6 is 22.9 Å². The van der Waals surface area contributed by atoms with Crippen LogP contribution in [0.3, 0.4) is 0 Å². The molecule has 1 aromatic carbocycles. The molecule has 2 aromatic heterocycles. The first-order chi connectivity index (χ1) is 21.2. The number of likely N-dealkylation sites (N-methyl/N-ethyl adjacent to an activating group) is 1. The molecule has 1 atom stereocenters. The number of esters is 2. The van der Waals surface area contributed by atoms with Crippen LogP contribution in [0.5, 0.6) is 0 Å². The Kier molecular flexibility index (Phi) is 11.8. The number of thiazole rings is 1. The molecule has 0 bridgehead atoms. The van der Waals surface area contributed by atoms with E-state index in [9.17, 15) is 14.4 Å². The van der Waals surface area contributed by atoms with Gasteiger partial charge in [-0.2, -0.15) is 0 Å². The van der Waals surface area contributed by atoms with Crippen LogP contribution in [-0.4, -0.2) is 96.7 Å². The Hall–Kier alpha value is -3.85. The maximum atomic E-state index is 12.8. The predicted octanol–water partition coefficient (Wildman–Crippen LogP) is 3.41. The van der Waals surface area contributed by atoms with Gasteiger partial charge in [-0.15, -0.1) is 0 Å². The molecule has 1 aliphatic rings. The van der Waals surface area contributed by atoms with E-state index in [-0.39, 0.29) is 25.5 Å². The molecule has 0 unspecified atom stereocenters. The lowest BCUT2D eigenvalue weighted by molar-refractivity contribution is -0.152. The van der Waals surface area contributed by atoms with E-state index in [2.05, 4.69) is 40.7 Å². The number of hydrogen-bond acceptors (Lipinski definition) is 13. The summed E-state index contributed by atoms with van der Waals surface area (Å²) in [5.41, 5.74) is 1.44. The second kappa shape index (κ2) is 15.7. The van der Waals surface area contributed by atoms with Gasteiger partial charge >= 0.3 is 11.9 Å². The molecule has 3 aromatic rings. The van der Waals surface area contributed by atoms with E-state index < -0.39 is 18.0 Å². The van der Waals surface area contributed by atoms with E-state index >= 15 is 0 Å². The third-order valence-electron chi connectivity index (χ3n) is 6.91. The van der Waals surface area contributed by atoms with Crippen LogP contribution in [0.2, 0.25) is 5.02 Å². The first-order valence-corrected chi connectivity index (χ1v) is 15.5. The lowest BCUT2D eigenvalue weighted by Crippen LogP contribution is -2.48. The summed E-state index contributed by atoms with van der Waals surface area (Å²) in [5.74, 6) is 0.751. The minimum atomic E-state index is -0.736. The van der Waals surface area contributed by atoms with Crippen LogP contribution in [-0.2, 0) is 19.1 Å². The molecule has 0 saturated carbocycles. The Morgan fingerprint density at radius 1 is 1.11 bits per heavy atom. The summed E-state index contributed by atoms with van der Waals surface area (Å²) in [5, 5.41) is 9.87. The topological polar surface area (TPSA) is 151 Å². The number of benzene rings is 1. The summed E-state index contributed by atoms with van der Waals surface area (Å²) in [7, 11) is 1.61. The minimum Gasteiger partial charge on any atom is -0.466 e. The Bertz CT molecular complexity index is 1440. The monoisotopic (exact) mass is 644 g/mol. The molecule has 3 N–H and O–H groups in total. The van der Waals surface area contributed by atoms with Crippen molar-refractivity contribution in [3.63, 3.8) is 0 Å². The van der Waals surface area contributed by atoms with E-state index in [0.717, 1.165) is 37.6 Å². The van der Waals surface area contributed by atoms with Crippen LogP contribution in [0.25, 0.3) is 0 Å². The lowest BCUT2D eigenvalue weighted by atomic mass is 10.2. The number of piperazine rings is 1. The zero-order valence-corrected chi connectivity index (χ0v) is 26.8. The van der Waals surface area contributed by atoms with E-state index in [1.807, 2.05) is 32.0 Å². The predicted molar refractivity (Wildman–Crippen MR) is 170 cm³/mol. The number of carbonyl (C=O) groups excluding carboxylic acids is 3. The van der Waals surface area contributed by atoms with Crippen molar-refractivity contribution in [2.45, 2.75) is 33.2 Å². The van der Waals surface area contributed by atoms with Gasteiger partial charge in [-0.1, -0.05) is 35.1 Å². The second-order valence-electron chi connectivity index (χ2n) is 10.0. The number of rotatable bonds is 13. The third-order valence-corrected chi connectivity index (χ3v) is 8.13. The van der Waals surface area contributed by atoms with Gasteiger partial charge < -0.3 is 30.3 Å². The van der Waals surface area contributed by atoms with Crippen LogP contribution in [0.4, 0.5) is 22.5 Å². The molecular formula is C29H37ClN8O5S. The molecule has 44 heavy (non-hydrogen) atoms. The molecule has 0 aliphatic carbocycles. The number of para-hydroxylation sites is 1. The van der Waals surface area contributed by atoms with Crippen molar-refractivity contribution in [2.24, 2.45) is 0 Å². The summed E-state index contributed by atoms with van der Waals surface area (Å²) in [6.07, 6.45) is 1.44. The highest BCUT2D eigenvalue weighted by atomic mass is 35.5. The van der Waals surface area contributed by atoms with Gasteiger partial charge in [0.1, 0.15) is 35.0 Å². The van der Waals surface area contributed by atoms with Gasteiger partial charge in [0, 0.05) is 38.8 Å². The summed E-state index contributed by atoms with van der Waals surface area (Å²) < 4.78 is 10.3. The highest BCUT2D eigenvalue weighted by Crippen LogP contribution is 2.28. The summed E-state index contributed by atoms with van der Waals surface area (Å²) >= 11 is 7.46. The number of aryl methyl sites for hydroxylation is 2. The third kappa shape index (κ3) is 9.08. The van der Waals surface area contributed by atoms with Gasteiger partial charge in [-0.05, 0) is 39.4 Å². The number of amides is 1. The van der Waals surface area contributed by atoms with Crippen molar-refractivity contribution in [1.82, 2.24) is 25.2 Å². The summed E-state index contributed by atoms with van der Waals surface area (Å²) in [4.78, 5) is 55.2. The Balaban J connectivity index is 1.27. The Morgan fingerprint density at radius 3 is 2.59 bits per heavy atom. The highest BCUT2D eigenvalue weighted by molar-refractivity contribution is 7.17. The zero-order valence-electron chi connectivity index (χ0n) is 25.2. The number of aromatic nitrogens is 3. The molecular weight excluding hydrogens is 608 g/mol. The molecule has 236 valence electrons. The number of halogens is 1. The highest BCUT2D eigenvalue weighted by Gasteiger charge is 2.24. The lowest BCUT2D eigenvalue weighted by Gasteiger charge is -2.35. The largest absolute Gasteiger partial charge is 0.466 e. The van der Waals surface area contributed by atoms with Gasteiger partial charge in [0.15, 0.2) is 5.13 Å². The smallest absolute Gasteiger partial charge is 0.323 e. The number of ether oxygens (including phenoxy) is 2. The van der Waals surface area contributed by atoms with E-state index in [1.165, 1.54) is 17.5 Å². The van der Waals surface area contributed by atoms with E-state index in [1.54, 1.807) is 20.0 Å². The van der Waals surface area contributed by atoms with Gasteiger partial charge in [0.25, 0.3) is 5.91 Å². The fourth-order valence-electron chi connectivity index (χ4n) is 4.56. The molecule has 1 saturated heterocycles. The average Bonchev–Trinajstić information content (AvgIpc) is 3.46. The fourth-order valence-corrected chi connectivity index (χ4v) is 5.54. The van der Waals surface area contributed by atoms with Gasteiger partial charge in [0.2, 0.25) is 0 Å². The molecule has 4 rings (SSSR count).